The molecule has 1 saturated heterocycles. The first-order valence-electron chi connectivity index (χ1n) is 12.7. The summed E-state index contributed by atoms with van der Waals surface area (Å²) in [7, 11) is 0.234. The van der Waals surface area contributed by atoms with E-state index >= 15 is 0 Å². The number of ether oxygens (including phenoxy) is 1. The molecule has 1 fully saturated rings. The van der Waals surface area contributed by atoms with Crippen LogP contribution >= 0.6 is 12.2 Å². The van der Waals surface area contributed by atoms with Crippen molar-refractivity contribution in [3.05, 3.63) is 28.5 Å². The summed E-state index contributed by atoms with van der Waals surface area (Å²) in [5, 5.41) is 4.61. The predicted molar refractivity (Wildman–Crippen MR) is 144 cm³/mol. The molecule has 3 heterocycles. The van der Waals surface area contributed by atoms with Crippen molar-refractivity contribution in [2.45, 2.75) is 63.3 Å². The largest absolute Gasteiger partial charge is 0.493 e. The van der Waals surface area contributed by atoms with Crippen molar-refractivity contribution in [3.63, 3.8) is 0 Å². The topological polar surface area (TPSA) is 105 Å². The van der Waals surface area contributed by atoms with E-state index in [1.54, 1.807) is 22.9 Å². The maximum atomic E-state index is 13.2. The van der Waals surface area contributed by atoms with Crippen LogP contribution in [0.5, 0.6) is 5.75 Å². The molecule has 2 N–H and O–H groups in total. The Labute approximate surface area is 218 Å². The molecule has 1 aromatic carbocycles. The zero-order valence-electron chi connectivity index (χ0n) is 21.5. The number of fused-ring (bicyclic) bond motifs is 1. The van der Waals surface area contributed by atoms with E-state index < -0.39 is 10.0 Å². The van der Waals surface area contributed by atoms with Gasteiger partial charge in [-0.1, -0.05) is 32.5 Å². The average Bonchev–Trinajstić information content (AvgIpc) is 3.40. The first-order valence-corrected chi connectivity index (χ1v) is 14.6. The Morgan fingerprint density at radius 3 is 2.75 bits per heavy atom. The van der Waals surface area contributed by atoms with Crippen molar-refractivity contribution in [2.24, 2.45) is 7.05 Å². The summed E-state index contributed by atoms with van der Waals surface area (Å²) < 4.78 is 37.3. The number of benzene rings is 1. The van der Waals surface area contributed by atoms with Gasteiger partial charge in [0.25, 0.3) is 0 Å². The molecule has 9 nitrogen and oxygen atoms in total. The molecule has 0 bridgehead atoms. The number of aromatic amines is 1. The maximum absolute atomic E-state index is 13.2. The smallest absolute Gasteiger partial charge is 0.240 e. The number of aromatic nitrogens is 4. The Bertz CT molecular complexity index is 1380. The Morgan fingerprint density at radius 2 is 2.06 bits per heavy atom. The van der Waals surface area contributed by atoms with Crippen LogP contribution in [0.25, 0.3) is 22.4 Å². The lowest BCUT2D eigenvalue weighted by molar-refractivity contribution is 0.297. The lowest BCUT2D eigenvalue weighted by Gasteiger charge is -2.19. The highest BCUT2D eigenvalue weighted by Crippen LogP contribution is 2.32. The number of H-pyrrole nitrogens is 1. The predicted octanol–water partition coefficient (Wildman–Crippen LogP) is 4.20. The third kappa shape index (κ3) is 5.64. The SMILES string of the molecule is CCCOc1ccc(S(=O)(=O)NCC[C@@H]2CCCN2C)cc1-c1nc(=S)c2c([nH]1)c(CCC)nn2C. The van der Waals surface area contributed by atoms with Crippen LogP contribution in [0.2, 0.25) is 0 Å². The average molecular weight is 533 g/mol. The molecule has 3 aromatic rings. The van der Waals surface area contributed by atoms with E-state index in [0.717, 1.165) is 61.8 Å². The van der Waals surface area contributed by atoms with Crippen molar-refractivity contribution in [1.29, 1.82) is 0 Å². The summed E-state index contributed by atoms with van der Waals surface area (Å²) in [5.74, 6) is 1.02. The van der Waals surface area contributed by atoms with Gasteiger partial charge in [-0.05, 0) is 63.9 Å². The van der Waals surface area contributed by atoms with Gasteiger partial charge in [0, 0.05) is 19.6 Å². The summed E-state index contributed by atoms with van der Waals surface area (Å²) in [6, 6.07) is 5.31. The molecular weight excluding hydrogens is 496 g/mol. The Hall–Kier alpha value is -2.34. The van der Waals surface area contributed by atoms with Crippen LogP contribution < -0.4 is 9.46 Å². The first kappa shape index (κ1) is 26.7. The molecule has 0 unspecified atom stereocenters. The molecule has 0 radical (unpaired) electrons. The minimum absolute atomic E-state index is 0.169. The van der Waals surface area contributed by atoms with E-state index in [2.05, 4.69) is 38.7 Å². The van der Waals surface area contributed by atoms with Gasteiger partial charge >= 0.3 is 0 Å². The third-order valence-corrected chi connectivity index (χ3v) is 8.43. The van der Waals surface area contributed by atoms with Gasteiger partial charge in [-0.15, -0.1) is 0 Å². The molecule has 1 aliphatic rings. The molecule has 2 aromatic heterocycles. The molecule has 1 atom stereocenters. The van der Waals surface area contributed by atoms with Crippen LogP contribution in [0.15, 0.2) is 23.1 Å². The van der Waals surface area contributed by atoms with Crippen LogP contribution in [0.4, 0.5) is 0 Å². The second-order valence-corrected chi connectivity index (χ2v) is 11.6. The Morgan fingerprint density at radius 1 is 1.25 bits per heavy atom. The fourth-order valence-corrected chi connectivity index (χ4v) is 6.18. The zero-order chi connectivity index (χ0) is 25.9. The van der Waals surface area contributed by atoms with E-state index in [4.69, 9.17) is 17.0 Å². The highest BCUT2D eigenvalue weighted by molar-refractivity contribution is 7.89. The Kier molecular flexibility index (Phi) is 8.44. The van der Waals surface area contributed by atoms with Gasteiger partial charge in [-0.3, -0.25) is 4.68 Å². The molecule has 36 heavy (non-hydrogen) atoms. The minimum atomic E-state index is -3.71. The van der Waals surface area contributed by atoms with Crippen LogP contribution in [0.3, 0.4) is 0 Å². The van der Waals surface area contributed by atoms with E-state index in [1.165, 1.54) is 0 Å². The third-order valence-electron chi connectivity index (χ3n) is 6.69. The summed E-state index contributed by atoms with van der Waals surface area (Å²) in [6.07, 6.45) is 5.60. The number of hydrogen-bond acceptors (Lipinski definition) is 7. The molecule has 196 valence electrons. The first-order chi connectivity index (χ1) is 17.2. The van der Waals surface area contributed by atoms with Crippen molar-refractivity contribution < 1.29 is 13.2 Å². The van der Waals surface area contributed by atoms with Gasteiger partial charge in [0.05, 0.1) is 28.3 Å². The minimum Gasteiger partial charge on any atom is -0.493 e. The standard InChI is InChI=1S/C25H36N6O3S2/c1-5-8-20-22-23(31(4)29-20)25(35)28-24(27-22)19-16-18(10-11-21(19)34-15-6-2)36(32,33)26-13-12-17-9-7-14-30(17)3/h10-11,16-17,26H,5-9,12-15H2,1-4H3,(H,27,28,35)/t17-/m0/s1. The van der Waals surface area contributed by atoms with E-state index in [1.807, 2.05) is 14.0 Å². The summed E-state index contributed by atoms with van der Waals surface area (Å²) >= 11 is 5.62. The molecule has 1 aliphatic heterocycles. The van der Waals surface area contributed by atoms with E-state index in [0.29, 0.717) is 41.0 Å². The molecule has 0 aliphatic carbocycles. The zero-order valence-corrected chi connectivity index (χ0v) is 23.1. The van der Waals surface area contributed by atoms with Crippen LogP contribution in [0, 0.1) is 4.64 Å². The molecular formula is C25H36N6O3S2. The monoisotopic (exact) mass is 532 g/mol. The highest BCUT2D eigenvalue weighted by Gasteiger charge is 2.23. The molecule has 4 rings (SSSR count). The molecule has 0 amide bonds. The van der Waals surface area contributed by atoms with Crippen LogP contribution in [-0.4, -0.2) is 65.9 Å². The van der Waals surface area contributed by atoms with Crippen LogP contribution in [0.1, 0.15) is 51.6 Å². The summed E-state index contributed by atoms with van der Waals surface area (Å²) in [4.78, 5) is 10.5. The number of rotatable bonds is 11. The highest BCUT2D eigenvalue weighted by atomic mass is 32.2. The van der Waals surface area contributed by atoms with Crippen molar-refractivity contribution in [1.82, 2.24) is 29.4 Å². The second-order valence-electron chi connectivity index (χ2n) is 9.40. The molecule has 0 spiro atoms. The maximum Gasteiger partial charge on any atom is 0.240 e. The van der Waals surface area contributed by atoms with E-state index in [-0.39, 0.29) is 4.90 Å². The van der Waals surface area contributed by atoms with Gasteiger partial charge in [-0.2, -0.15) is 5.10 Å². The van der Waals surface area contributed by atoms with Crippen molar-refractivity contribution >= 4 is 33.3 Å². The quantitative estimate of drug-likeness (QED) is 0.357. The van der Waals surface area contributed by atoms with Gasteiger partial charge in [0.2, 0.25) is 10.0 Å². The van der Waals surface area contributed by atoms with E-state index in [9.17, 15) is 8.42 Å². The number of hydrogen-bond donors (Lipinski definition) is 2. The van der Waals surface area contributed by atoms with Gasteiger partial charge in [0.1, 0.15) is 17.1 Å². The lowest BCUT2D eigenvalue weighted by atomic mass is 10.1. The van der Waals surface area contributed by atoms with Crippen molar-refractivity contribution in [3.8, 4) is 17.1 Å². The number of sulfonamides is 1. The fraction of sp³-hybridized carbons (Fsp3) is 0.560. The molecule has 0 saturated carbocycles. The number of likely N-dealkylation sites (tertiary alicyclic amines) is 1. The van der Waals surface area contributed by atoms with Crippen molar-refractivity contribution in [2.75, 3.05) is 26.7 Å². The van der Waals surface area contributed by atoms with Gasteiger partial charge < -0.3 is 14.6 Å². The summed E-state index contributed by atoms with van der Waals surface area (Å²) in [6.45, 7) is 6.08. The van der Waals surface area contributed by atoms with Crippen LogP contribution in [-0.2, 0) is 23.5 Å². The summed E-state index contributed by atoms with van der Waals surface area (Å²) in [5.41, 5.74) is 3.04. The molecule has 11 heteroatoms. The number of nitrogens with one attached hydrogen (secondary N) is 2. The van der Waals surface area contributed by atoms with Gasteiger partial charge in [-0.25, -0.2) is 18.1 Å². The normalized spacial score (nSPS) is 16.7. The second kappa shape index (κ2) is 11.4. The lowest BCUT2D eigenvalue weighted by Crippen LogP contribution is -2.31. The number of aryl methyl sites for hydroxylation is 2. The Balaban J connectivity index is 1.70. The fourth-order valence-electron chi connectivity index (χ4n) is 4.78. The van der Waals surface area contributed by atoms with Gasteiger partial charge in [0.15, 0.2) is 4.64 Å². The number of nitrogens with zero attached hydrogens (tertiary/aromatic N) is 4.